The number of carbonyl (C=O) groups is 1. The second-order valence-corrected chi connectivity index (χ2v) is 7.73. The van der Waals surface area contributed by atoms with Crippen molar-refractivity contribution in [2.45, 2.75) is 38.7 Å². The summed E-state index contributed by atoms with van der Waals surface area (Å²) in [6.45, 7) is 1.95. The standard InChI is InChI=1S/C21H17F6N3O6/c1-19(2,17(31)32)35-15-8-3-12(9-16(15)36-21(25,26)27)10-30-18(33)29(11-28-30)13-4-6-14(7-5-13)34-20(22,23)24/h3-9,11H,10H2,1-2H3,(H,31,32). The molecule has 3 aromatic rings. The van der Waals surface area contributed by atoms with Gasteiger partial charge in [-0.05, 0) is 55.8 Å². The van der Waals surface area contributed by atoms with Gasteiger partial charge >= 0.3 is 24.4 Å². The van der Waals surface area contributed by atoms with E-state index >= 15 is 0 Å². The van der Waals surface area contributed by atoms with Gasteiger partial charge in [0.2, 0.25) is 0 Å². The molecule has 0 unspecified atom stereocenters. The first-order chi connectivity index (χ1) is 16.5. The van der Waals surface area contributed by atoms with E-state index in [0.717, 1.165) is 53.7 Å². The first-order valence-corrected chi connectivity index (χ1v) is 9.86. The molecular weight excluding hydrogens is 504 g/mol. The van der Waals surface area contributed by atoms with Gasteiger partial charge in [-0.15, -0.1) is 26.3 Å². The third-order valence-electron chi connectivity index (χ3n) is 4.53. The van der Waals surface area contributed by atoms with Crippen LogP contribution in [0.3, 0.4) is 0 Å². The molecule has 0 atom stereocenters. The highest BCUT2D eigenvalue weighted by molar-refractivity contribution is 5.77. The van der Waals surface area contributed by atoms with Gasteiger partial charge in [0.15, 0.2) is 17.1 Å². The molecule has 0 fully saturated rings. The molecule has 1 heterocycles. The van der Waals surface area contributed by atoms with Gasteiger partial charge in [-0.1, -0.05) is 6.07 Å². The van der Waals surface area contributed by atoms with E-state index in [-0.39, 0.29) is 17.8 Å². The van der Waals surface area contributed by atoms with Gasteiger partial charge in [0, 0.05) is 0 Å². The summed E-state index contributed by atoms with van der Waals surface area (Å²) < 4.78 is 90.4. The lowest BCUT2D eigenvalue weighted by Gasteiger charge is -2.23. The first-order valence-electron chi connectivity index (χ1n) is 9.86. The lowest BCUT2D eigenvalue weighted by Crippen LogP contribution is -2.38. The quantitative estimate of drug-likeness (QED) is 0.445. The zero-order valence-corrected chi connectivity index (χ0v) is 18.4. The van der Waals surface area contributed by atoms with E-state index in [9.17, 15) is 41.0 Å². The number of hydrogen-bond acceptors (Lipinski definition) is 6. The molecule has 0 aliphatic carbocycles. The Balaban J connectivity index is 1.87. The number of rotatable bonds is 8. The van der Waals surface area contributed by atoms with Crippen LogP contribution in [0.25, 0.3) is 5.69 Å². The van der Waals surface area contributed by atoms with Gasteiger partial charge in [-0.2, -0.15) is 5.10 Å². The van der Waals surface area contributed by atoms with Crippen molar-refractivity contribution in [3.63, 3.8) is 0 Å². The van der Waals surface area contributed by atoms with Crippen molar-refractivity contribution >= 4 is 5.97 Å². The predicted molar refractivity (Wildman–Crippen MR) is 109 cm³/mol. The Morgan fingerprint density at radius 1 is 0.917 bits per heavy atom. The molecule has 0 amide bonds. The topological polar surface area (TPSA) is 105 Å². The Morgan fingerprint density at radius 3 is 2.08 bits per heavy atom. The number of halogens is 6. The van der Waals surface area contributed by atoms with Gasteiger partial charge in [0.1, 0.15) is 12.1 Å². The van der Waals surface area contributed by atoms with Crippen LogP contribution in [0.2, 0.25) is 0 Å². The SMILES string of the molecule is CC(C)(Oc1ccc(Cn2ncn(-c3ccc(OC(F)(F)F)cc3)c2=O)cc1OC(F)(F)F)C(=O)O. The summed E-state index contributed by atoms with van der Waals surface area (Å²) in [6, 6.07) is 7.60. The number of hydrogen-bond donors (Lipinski definition) is 1. The molecule has 9 nitrogen and oxygen atoms in total. The molecule has 36 heavy (non-hydrogen) atoms. The number of aromatic nitrogens is 3. The normalized spacial score (nSPS) is 12.3. The molecule has 2 aromatic carbocycles. The van der Waals surface area contributed by atoms with Crippen LogP contribution in [0.1, 0.15) is 19.4 Å². The Hall–Kier alpha value is -4.17. The fourth-order valence-electron chi connectivity index (χ4n) is 2.86. The monoisotopic (exact) mass is 521 g/mol. The number of carboxylic acid groups (broad SMARTS) is 1. The molecule has 3 rings (SSSR count). The maximum atomic E-state index is 12.9. The third-order valence-corrected chi connectivity index (χ3v) is 4.53. The van der Waals surface area contributed by atoms with E-state index in [4.69, 9.17) is 4.74 Å². The van der Waals surface area contributed by atoms with Crippen molar-refractivity contribution in [1.82, 2.24) is 14.3 Å². The van der Waals surface area contributed by atoms with E-state index in [0.29, 0.717) is 0 Å². The van der Waals surface area contributed by atoms with E-state index in [2.05, 4.69) is 14.6 Å². The Bertz CT molecular complexity index is 1300. The van der Waals surface area contributed by atoms with E-state index in [1.807, 2.05) is 0 Å². The second kappa shape index (κ2) is 9.47. The summed E-state index contributed by atoms with van der Waals surface area (Å²) in [5, 5.41) is 13.0. The number of aliphatic carboxylic acids is 1. The molecule has 1 aromatic heterocycles. The first kappa shape index (κ1) is 26.4. The molecule has 0 saturated heterocycles. The average molecular weight is 521 g/mol. The summed E-state index contributed by atoms with van der Waals surface area (Å²) in [6.07, 6.45) is -8.94. The summed E-state index contributed by atoms with van der Waals surface area (Å²) in [7, 11) is 0. The van der Waals surface area contributed by atoms with Crippen LogP contribution >= 0.6 is 0 Å². The molecule has 1 N–H and O–H groups in total. The van der Waals surface area contributed by atoms with Crippen LogP contribution in [0.4, 0.5) is 26.3 Å². The second-order valence-electron chi connectivity index (χ2n) is 7.73. The van der Waals surface area contributed by atoms with Gasteiger partial charge in [-0.25, -0.2) is 18.8 Å². The summed E-state index contributed by atoms with van der Waals surface area (Å²) in [5.74, 6) is -3.26. The highest BCUT2D eigenvalue weighted by Crippen LogP contribution is 2.35. The largest absolute Gasteiger partial charge is 0.573 e. The van der Waals surface area contributed by atoms with Crippen molar-refractivity contribution in [3.05, 3.63) is 64.8 Å². The number of ether oxygens (including phenoxy) is 3. The van der Waals surface area contributed by atoms with E-state index in [1.165, 1.54) is 18.2 Å². The lowest BCUT2D eigenvalue weighted by molar-refractivity contribution is -0.276. The molecular formula is C21H17F6N3O6. The Kier molecular flexibility index (Phi) is 6.95. The Morgan fingerprint density at radius 2 is 1.53 bits per heavy atom. The minimum Gasteiger partial charge on any atom is -0.478 e. The fraction of sp³-hybridized carbons (Fsp3) is 0.286. The van der Waals surface area contributed by atoms with E-state index in [1.54, 1.807) is 0 Å². The molecule has 0 saturated carbocycles. The van der Waals surface area contributed by atoms with Crippen LogP contribution in [-0.2, 0) is 11.3 Å². The highest BCUT2D eigenvalue weighted by atomic mass is 19.4. The van der Waals surface area contributed by atoms with Crippen molar-refractivity contribution in [1.29, 1.82) is 0 Å². The highest BCUT2D eigenvalue weighted by Gasteiger charge is 2.35. The number of benzene rings is 2. The number of nitrogens with zero attached hydrogens (tertiary/aromatic N) is 3. The molecule has 194 valence electrons. The molecule has 0 aliphatic rings. The predicted octanol–water partition coefficient (Wildman–Crippen LogP) is 4.12. The number of carboxylic acids is 1. The zero-order chi connectivity index (χ0) is 26.9. The zero-order valence-electron chi connectivity index (χ0n) is 18.4. The maximum Gasteiger partial charge on any atom is 0.573 e. The maximum absolute atomic E-state index is 12.9. The average Bonchev–Trinajstić information content (AvgIpc) is 3.08. The van der Waals surface area contributed by atoms with Crippen molar-refractivity contribution in [2.24, 2.45) is 0 Å². The molecule has 0 spiro atoms. The molecule has 0 bridgehead atoms. The summed E-state index contributed by atoms with van der Waals surface area (Å²) in [5.41, 5.74) is -2.34. The third kappa shape index (κ3) is 6.70. The minimum absolute atomic E-state index is 0.121. The van der Waals surface area contributed by atoms with Gasteiger partial charge < -0.3 is 19.3 Å². The minimum atomic E-state index is -5.12. The Labute approximate surface area is 198 Å². The van der Waals surface area contributed by atoms with Crippen LogP contribution in [0.5, 0.6) is 17.2 Å². The van der Waals surface area contributed by atoms with Crippen LogP contribution in [0, 0.1) is 0 Å². The number of alkyl halides is 6. The lowest BCUT2D eigenvalue weighted by atomic mass is 10.1. The summed E-state index contributed by atoms with van der Waals surface area (Å²) >= 11 is 0. The van der Waals surface area contributed by atoms with E-state index < -0.39 is 47.2 Å². The molecule has 0 radical (unpaired) electrons. The molecule has 15 heteroatoms. The fourth-order valence-corrected chi connectivity index (χ4v) is 2.86. The molecule has 0 aliphatic heterocycles. The van der Waals surface area contributed by atoms with Crippen molar-refractivity contribution in [2.75, 3.05) is 0 Å². The van der Waals surface area contributed by atoms with Crippen LogP contribution in [0.15, 0.2) is 53.6 Å². The van der Waals surface area contributed by atoms with Crippen LogP contribution in [-0.4, -0.2) is 43.7 Å². The smallest absolute Gasteiger partial charge is 0.478 e. The van der Waals surface area contributed by atoms with Gasteiger partial charge in [0.25, 0.3) is 0 Å². The van der Waals surface area contributed by atoms with Crippen molar-refractivity contribution < 1.29 is 50.5 Å². The van der Waals surface area contributed by atoms with Crippen LogP contribution < -0.4 is 19.9 Å². The van der Waals surface area contributed by atoms with Gasteiger partial charge in [-0.3, -0.25) is 0 Å². The summed E-state index contributed by atoms with van der Waals surface area (Å²) in [4.78, 5) is 24.0. The van der Waals surface area contributed by atoms with Gasteiger partial charge in [0.05, 0.1) is 12.2 Å². The van der Waals surface area contributed by atoms with Crippen molar-refractivity contribution in [3.8, 4) is 22.9 Å².